The molecule has 1 saturated heterocycles. The van der Waals surface area contributed by atoms with Gasteiger partial charge in [-0.3, -0.25) is 4.79 Å². The Morgan fingerprint density at radius 3 is 3.09 bits per heavy atom. The number of benzene rings is 1. The minimum Gasteiger partial charge on any atom is -0.370 e. The fourth-order valence-corrected chi connectivity index (χ4v) is 3.73. The summed E-state index contributed by atoms with van der Waals surface area (Å²) in [4.78, 5) is 13.9. The van der Waals surface area contributed by atoms with Gasteiger partial charge in [-0.2, -0.15) is 4.37 Å². The molecule has 116 valence electrons. The summed E-state index contributed by atoms with van der Waals surface area (Å²) in [6.07, 6.45) is 3.06. The zero-order valence-electron chi connectivity index (χ0n) is 12.1. The van der Waals surface area contributed by atoms with E-state index in [1.54, 1.807) is 6.07 Å². The van der Waals surface area contributed by atoms with E-state index in [0.717, 1.165) is 41.6 Å². The van der Waals surface area contributed by atoms with Crippen LogP contribution >= 0.6 is 11.5 Å². The number of hydrogen-bond acceptors (Lipinski definition) is 4. The first-order valence-electron chi connectivity index (χ1n) is 7.65. The fraction of sp³-hybridized carbons (Fsp3) is 0.500. The molecule has 6 heteroatoms. The van der Waals surface area contributed by atoms with Gasteiger partial charge in [0.1, 0.15) is 5.82 Å². The molecule has 2 aromatic rings. The molecule has 0 N–H and O–H groups in total. The topological polar surface area (TPSA) is 42.4 Å². The first-order valence-corrected chi connectivity index (χ1v) is 8.42. The minimum atomic E-state index is -0.242. The highest BCUT2D eigenvalue weighted by Crippen LogP contribution is 2.32. The molecule has 0 radical (unpaired) electrons. The Balaban J connectivity index is 1.37. The third kappa shape index (κ3) is 2.73. The third-order valence-electron chi connectivity index (χ3n) is 4.35. The predicted octanol–water partition coefficient (Wildman–Crippen LogP) is 2.96. The summed E-state index contributed by atoms with van der Waals surface area (Å²) in [6, 6.07) is 4.71. The van der Waals surface area contributed by atoms with E-state index in [2.05, 4.69) is 4.37 Å². The highest BCUT2D eigenvalue weighted by Gasteiger charge is 2.36. The van der Waals surface area contributed by atoms with Crippen molar-refractivity contribution in [1.82, 2.24) is 9.27 Å². The predicted molar refractivity (Wildman–Crippen MR) is 82.1 cm³/mol. The molecular formula is C16H17FN2O2S. The molecule has 0 spiro atoms. The van der Waals surface area contributed by atoms with Crippen molar-refractivity contribution < 1.29 is 13.9 Å². The Hall–Kier alpha value is -1.53. The SMILES string of the molecule is O=C(C1CC1)N1CCC(OCc2nsc3cc(F)ccc23)C1. The average Bonchev–Trinajstić information content (AvgIpc) is 3.13. The van der Waals surface area contributed by atoms with Crippen molar-refractivity contribution in [2.45, 2.75) is 32.0 Å². The molecule has 4 rings (SSSR count). The minimum absolute atomic E-state index is 0.0832. The number of fused-ring (bicyclic) bond motifs is 1. The molecule has 1 aromatic heterocycles. The monoisotopic (exact) mass is 320 g/mol. The smallest absolute Gasteiger partial charge is 0.225 e. The first kappa shape index (κ1) is 14.1. The summed E-state index contributed by atoms with van der Waals surface area (Å²) in [5.41, 5.74) is 0.854. The number of hydrogen-bond donors (Lipinski definition) is 0. The van der Waals surface area contributed by atoms with E-state index in [4.69, 9.17) is 4.74 Å². The van der Waals surface area contributed by atoms with Crippen LogP contribution in [0.1, 0.15) is 25.0 Å². The largest absolute Gasteiger partial charge is 0.370 e. The Kier molecular flexibility index (Phi) is 3.58. The van der Waals surface area contributed by atoms with Crippen molar-refractivity contribution >= 4 is 27.5 Å². The Morgan fingerprint density at radius 1 is 1.41 bits per heavy atom. The molecule has 1 amide bonds. The van der Waals surface area contributed by atoms with Crippen molar-refractivity contribution in [3.05, 3.63) is 29.7 Å². The van der Waals surface area contributed by atoms with Crippen LogP contribution in [0, 0.1) is 11.7 Å². The van der Waals surface area contributed by atoms with E-state index in [9.17, 15) is 9.18 Å². The maximum absolute atomic E-state index is 13.2. The molecule has 1 aliphatic heterocycles. The summed E-state index contributed by atoms with van der Waals surface area (Å²) in [5.74, 6) is 0.324. The maximum atomic E-state index is 13.2. The summed E-state index contributed by atoms with van der Waals surface area (Å²) >= 11 is 1.29. The quantitative estimate of drug-likeness (QED) is 0.870. The molecule has 4 nitrogen and oxygen atoms in total. The summed E-state index contributed by atoms with van der Waals surface area (Å²) < 4.78 is 24.3. The number of rotatable bonds is 4. The second-order valence-electron chi connectivity index (χ2n) is 6.05. The number of ether oxygens (including phenoxy) is 1. The lowest BCUT2D eigenvalue weighted by Crippen LogP contribution is -2.31. The molecule has 1 atom stereocenters. The van der Waals surface area contributed by atoms with Crippen LogP contribution < -0.4 is 0 Å². The van der Waals surface area contributed by atoms with Crippen LogP contribution in [0.15, 0.2) is 18.2 Å². The maximum Gasteiger partial charge on any atom is 0.225 e. The van der Waals surface area contributed by atoms with Gasteiger partial charge in [0.15, 0.2) is 0 Å². The summed E-state index contributed by atoms with van der Waals surface area (Å²) in [6.45, 7) is 1.90. The van der Waals surface area contributed by atoms with Crippen molar-refractivity contribution in [2.24, 2.45) is 5.92 Å². The number of likely N-dealkylation sites (tertiary alicyclic amines) is 1. The van der Waals surface area contributed by atoms with E-state index < -0.39 is 0 Å². The molecule has 1 aromatic carbocycles. The lowest BCUT2D eigenvalue weighted by atomic mass is 10.2. The number of nitrogens with zero attached hydrogens (tertiary/aromatic N) is 2. The van der Waals surface area contributed by atoms with Crippen LogP contribution in [0.5, 0.6) is 0 Å². The van der Waals surface area contributed by atoms with Crippen LogP contribution in [0.4, 0.5) is 4.39 Å². The number of amides is 1. The number of aromatic nitrogens is 1. The van der Waals surface area contributed by atoms with Gasteiger partial charge in [0.25, 0.3) is 0 Å². The highest BCUT2D eigenvalue weighted by molar-refractivity contribution is 7.13. The number of carbonyl (C=O) groups excluding carboxylic acids is 1. The fourth-order valence-electron chi connectivity index (χ4n) is 2.92. The molecule has 1 aliphatic carbocycles. The van der Waals surface area contributed by atoms with E-state index >= 15 is 0 Å². The zero-order chi connectivity index (χ0) is 15.1. The third-order valence-corrected chi connectivity index (χ3v) is 5.19. The second kappa shape index (κ2) is 5.59. The standard InChI is InChI=1S/C16H17FN2O2S/c17-11-3-4-13-14(18-22-15(13)7-11)9-21-12-5-6-19(8-12)16(20)10-1-2-10/h3-4,7,10,12H,1-2,5-6,8-9H2. The summed E-state index contributed by atoms with van der Waals surface area (Å²) in [5, 5.41) is 0.954. The van der Waals surface area contributed by atoms with Crippen molar-refractivity contribution in [1.29, 1.82) is 0 Å². The molecule has 2 heterocycles. The Labute approximate surface area is 132 Å². The van der Waals surface area contributed by atoms with Crippen molar-refractivity contribution in [3.63, 3.8) is 0 Å². The van der Waals surface area contributed by atoms with Gasteiger partial charge in [-0.15, -0.1) is 0 Å². The molecule has 1 saturated carbocycles. The molecule has 2 aliphatic rings. The molecule has 2 fully saturated rings. The van der Waals surface area contributed by atoms with Gasteiger partial charge in [0.05, 0.1) is 23.1 Å². The number of carbonyl (C=O) groups is 1. The van der Waals surface area contributed by atoms with Crippen LogP contribution in [-0.2, 0) is 16.1 Å². The van der Waals surface area contributed by atoms with Gasteiger partial charge >= 0.3 is 0 Å². The summed E-state index contributed by atoms with van der Waals surface area (Å²) in [7, 11) is 0. The van der Waals surface area contributed by atoms with E-state index in [1.807, 2.05) is 4.90 Å². The van der Waals surface area contributed by atoms with Crippen LogP contribution in [0.25, 0.3) is 10.1 Å². The average molecular weight is 320 g/mol. The van der Waals surface area contributed by atoms with Gasteiger partial charge in [0, 0.05) is 24.4 Å². The van der Waals surface area contributed by atoms with E-state index in [1.165, 1.54) is 23.7 Å². The highest BCUT2D eigenvalue weighted by atomic mass is 32.1. The second-order valence-corrected chi connectivity index (χ2v) is 6.85. The van der Waals surface area contributed by atoms with Gasteiger partial charge in [0.2, 0.25) is 5.91 Å². The Morgan fingerprint density at radius 2 is 2.27 bits per heavy atom. The molecule has 22 heavy (non-hydrogen) atoms. The molecule has 0 bridgehead atoms. The lowest BCUT2D eigenvalue weighted by Gasteiger charge is -2.16. The first-order chi connectivity index (χ1) is 10.7. The molecular weight excluding hydrogens is 303 g/mol. The van der Waals surface area contributed by atoms with Gasteiger partial charge in [-0.25, -0.2) is 4.39 Å². The molecule has 1 unspecified atom stereocenters. The van der Waals surface area contributed by atoms with E-state index in [-0.39, 0.29) is 17.8 Å². The number of halogens is 1. The van der Waals surface area contributed by atoms with Gasteiger partial charge in [-0.1, -0.05) is 0 Å². The normalized spacial score (nSPS) is 21.7. The van der Waals surface area contributed by atoms with Crippen LogP contribution in [0.3, 0.4) is 0 Å². The lowest BCUT2D eigenvalue weighted by molar-refractivity contribution is -0.132. The van der Waals surface area contributed by atoms with Crippen LogP contribution in [-0.4, -0.2) is 34.4 Å². The zero-order valence-corrected chi connectivity index (χ0v) is 12.9. The van der Waals surface area contributed by atoms with Crippen molar-refractivity contribution in [3.8, 4) is 0 Å². The van der Waals surface area contributed by atoms with Crippen molar-refractivity contribution in [2.75, 3.05) is 13.1 Å². The Bertz CT molecular complexity index is 713. The van der Waals surface area contributed by atoms with Gasteiger partial charge < -0.3 is 9.64 Å². The van der Waals surface area contributed by atoms with Crippen LogP contribution in [0.2, 0.25) is 0 Å². The van der Waals surface area contributed by atoms with Gasteiger partial charge in [-0.05, 0) is 49.0 Å². The van der Waals surface area contributed by atoms with E-state index in [0.29, 0.717) is 19.1 Å².